The second-order valence-electron chi connectivity index (χ2n) is 6.71. The van der Waals surface area contributed by atoms with Crippen LogP contribution >= 0.6 is 24.0 Å². The van der Waals surface area contributed by atoms with E-state index >= 15 is 0 Å². The van der Waals surface area contributed by atoms with Crippen molar-refractivity contribution in [2.45, 2.75) is 45.5 Å². The quantitative estimate of drug-likeness (QED) is 0.276. The van der Waals surface area contributed by atoms with Crippen LogP contribution in [0.5, 0.6) is 0 Å². The van der Waals surface area contributed by atoms with Crippen molar-refractivity contribution in [2.75, 3.05) is 13.1 Å². The van der Waals surface area contributed by atoms with Gasteiger partial charge < -0.3 is 10.6 Å². The molecule has 10 heteroatoms. The lowest BCUT2D eigenvalue weighted by Crippen LogP contribution is -2.47. The molecule has 0 spiro atoms. The number of aliphatic imine (C=N–C) groups is 1. The summed E-state index contributed by atoms with van der Waals surface area (Å²) in [4.78, 5) is 8.81. The van der Waals surface area contributed by atoms with Gasteiger partial charge in [-0.1, -0.05) is 17.9 Å². The van der Waals surface area contributed by atoms with Crippen LogP contribution in [0, 0.1) is 18.8 Å². The zero-order valence-electron chi connectivity index (χ0n) is 16.8. The van der Waals surface area contributed by atoms with Crippen LogP contribution in [0.15, 0.2) is 29.3 Å². The fourth-order valence-electron chi connectivity index (χ4n) is 3.10. The number of alkyl halides is 3. The maximum atomic E-state index is 12.8. The zero-order chi connectivity index (χ0) is 20.9. The summed E-state index contributed by atoms with van der Waals surface area (Å²) in [5.41, 5.74) is -0.392. The van der Waals surface area contributed by atoms with Crippen molar-refractivity contribution in [1.29, 1.82) is 0 Å². The number of hydrogen-bond donors (Lipinski definition) is 2. The van der Waals surface area contributed by atoms with Gasteiger partial charge in [0.15, 0.2) is 5.96 Å². The highest BCUT2D eigenvalue weighted by molar-refractivity contribution is 14.0. The van der Waals surface area contributed by atoms with Crippen LogP contribution in [0.25, 0.3) is 0 Å². The minimum absolute atomic E-state index is 0. The Labute approximate surface area is 190 Å². The van der Waals surface area contributed by atoms with E-state index < -0.39 is 11.7 Å². The van der Waals surface area contributed by atoms with Crippen LogP contribution in [0.1, 0.15) is 36.1 Å². The first-order valence-corrected chi connectivity index (χ1v) is 9.46. The molecule has 3 rings (SSSR count). The monoisotopic (exact) mass is 532 g/mol. The van der Waals surface area contributed by atoms with Crippen LogP contribution in [0.2, 0.25) is 0 Å². The first kappa shape index (κ1) is 24.0. The molecule has 0 amide bonds. The number of fused-ring (bicyclic) bond motifs is 1. The molecule has 30 heavy (non-hydrogen) atoms. The molecule has 0 bridgehead atoms. The molecule has 0 saturated heterocycles. The summed E-state index contributed by atoms with van der Waals surface area (Å²) < 4.78 is 40.2. The van der Waals surface area contributed by atoms with Gasteiger partial charge in [0.05, 0.1) is 12.1 Å². The normalized spacial score (nSPS) is 16.0. The molecule has 162 valence electrons. The number of aromatic nitrogens is 3. The summed E-state index contributed by atoms with van der Waals surface area (Å²) in [6.07, 6.45) is -2.62. The second kappa shape index (κ2) is 10.7. The smallest absolute Gasteiger partial charge is 0.357 e. The molecule has 0 aliphatic carbocycles. The maximum Gasteiger partial charge on any atom is 0.416 e. The highest BCUT2D eigenvalue weighted by Gasteiger charge is 2.30. The molecular weight excluding hydrogens is 508 g/mol. The highest BCUT2D eigenvalue weighted by Crippen LogP contribution is 2.29. The van der Waals surface area contributed by atoms with E-state index in [2.05, 4.69) is 37.5 Å². The number of nitrogens with one attached hydrogen (secondary N) is 2. The van der Waals surface area contributed by atoms with Gasteiger partial charge in [0.25, 0.3) is 0 Å². The maximum absolute atomic E-state index is 12.8. The number of halogens is 4. The molecule has 2 N–H and O–H groups in total. The topological polar surface area (TPSA) is 67.1 Å². The Bertz CT molecular complexity index is 942. The van der Waals surface area contributed by atoms with E-state index in [-0.39, 0.29) is 36.6 Å². The van der Waals surface area contributed by atoms with Crippen molar-refractivity contribution in [3.63, 3.8) is 0 Å². The predicted octanol–water partition coefficient (Wildman–Crippen LogP) is 3.14. The number of benzene rings is 1. The average Bonchev–Trinajstić information content (AvgIpc) is 3.04. The van der Waals surface area contributed by atoms with Crippen molar-refractivity contribution in [1.82, 2.24) is 25.4 Å². The number of guanidine groups is 1. The SMILES string of the molecule is CCNC(=NCC#Cc1cccc(C(F)(F)F)c1)NC1CCc2nc(C)nn2C1.I. The van der Waals surface area contributed by atoms with E-state index in [0.717, 1.165) is 36.6 Å². The van der Waals surface area contributed by atoms with Gasteiger partial charge in [-0.05, 0) is 38.5 Å². The lowest BCUT2D eigenvalue weighted by Gasteiger charge is -2.25. The van der Waals surface area contributed by atoms with Crippen LogP contribution < -0.4 is 10.6 Å². The molecule has 1 aromatic carbocycles. The molecule has 0 fully saturated rings. The van der Waals surface area contributed by atoms with E-state index in [0.29, 0.717) is 24.6 Å². The number of nitrogens with zero attached hydrogens (tertiary/aromatic N) is 4. The Morgan fingerprint density at radius 2 is 2.17 bits per heavy atom. The van der Waals surface area contributed by atoms with Crippen molar-refractivity contribution >= 4 is 29.9 Å². The third-order valence-corrected chi connectivity index (χ3v) is 4.39. The van der Waals surface area contributed by atoms with Gasteiger partial charge in [0, 0.05) is 24.6 Å². The Morgan fingerprint density at radius 3 is 2.90 bits per heavy atom. The lowest BCUT2D eigenvalue weighted by atomic mass is 10.1. The second-order valence-corrected chi connectivity index (χ2v) is 6.71. The van der Waals surface area contributed by atoms with Gasteiger partial charge in [-0.25, -0.2) is 14.7 Å². The Kier molecular flexibility index (Phi) is 8.52. The minimum atomic E-state index is -4.37. The molecule has 1 aliphatic rings. The van der Waals surface area contributed by atoms with Crippen molar-refractivity contribution in [3.05, 3.63) is 47.0 Å². The summed E-state index contributed by atoms with van der Waals surface area (Å²) in [7, 11) is 0. The zero-order valence-corrected chi connectivity index (χ0v) is 19.1. The number of aryl methyl sites for hydroxylation is 2. The molecule has 1 aromatic heterocycles. The lowest BCUT2D eigenvalue weighted by molar-refractivity contribution is -0.137. The van der Waals surface area contributed by atoms with Crippen LogP contribution in [-0.4, -0.2) is 39.9 Å². The van der Waals surface area contributed by atoms with Gasteiger partial charge in [-0.2, -0.15) is 18.3 Å². The van der Waals surface area contributed by atoms with Gasteiger partial charge in [-0.3, -0.25) is 0 Å². The van der Waals surface area contributed by atoms with Gasteiger partial charge in [0.1, 0.15) is 18.2 Å². The van der Waals surface area contributed by atoms with E-state index in [1.165, 1.54) is 6.07 Å². The fraction of sp³-hybridized carbons (Fsp3) is 0.450. The van der Waals surface area contributed by atoms with Crippen molar-refractivity contribution < 1.29 is 13.2 Å². The third kappa shape index (κ3) is 6.62. The van der Waals surface area contributed by atoms with E-state index in [9.17, 15) is 13.2 Å². The van der Waals surface area contributed by atoms with Gasteiger partial charge in [-0.15, -0.1) is 24.0 Å². The Balaban J connectivity index is 0.00000320. The van der Waals surface area contributed by atoms with Gasteiger partial charge in [0.2, 0.25) is 0 Å². The van der Waals surface area contributed by atoms with Crippen LogP contribution in [0.3, 0.4) is 0 Å². The number of hydrogen-bond acceptors (Lipinski definition) is 3. The van der Waals surface area contributed by atoms with Crippen LogP contribution in [-0.2, 0) is 19.1 Å². The fourth-order valence-corrected chi connectivity index (χ4v) is 3.10. The van der Waals surface area contributed by atoms with E-state index in [1.54, 1.807) is 6.07 Å². The molecule has 1 aliphatic heterocycles. The molecule has 0 radical (unpaired) electrons. The van der Waals surface area contributed by atoms with E-state index in [1.807, 2.05) is 18.5 Å². The molecule has 1 unspecified atom stereocenters. The first-order chi connectivity index (χ1) is 13.8. The largest absolute Gasteiger partial charge is 0.416 e. The van der Waals surface area contributed by atoms with Crippen LogP contribution in [0.4, 0.5) is 13.2 Å². The summed E-state index contributed by atoms with van der Waals surface area (Å²) in [5, 5.41) is 10.9. The molecule has 6 nitrogen and oxygen atoms in total. The summed E-state index contributed by atoms with van der Waals surface area (Å²) in [6.45, 7) is 5.41. The summed E-state index contributed by atoms with van der Waals surface area (Å²) >= 11 is 0. The van der Waals surface area contributed by atoms with E-state index in [4.69, 9.17) is 0 Å². The summed E-state index contributed by atoms with van der Waals surface area (Å²) in [5.74, 6) is 7.94. The molecule has 2 aromatic rings. The molecule has 0 saturated carbocycles. The minimum Gasteiger partial charge on any atom is -0.357 e. The molecular formula is C20H24F3IN6. The summed E-state index contributed by atoms with van der Waals surface area (Å²) in [6, 6.07) is 5.14. The molecule has 1 atom stereocenters. The third-order valence-electron chi connectivity index (χ3n) is 4.39. The number of rotatable bonds is 3. The Morgan fingerprint density at radius 1 is 1.37 bits per heavy atom. The van der Waals surface area contributed by atoms with Crippen molar-refractivity contribution in [2.24, 2.45) is 4.99 Å². The standard InChI is InChI=1S/C20H23F3N6.HI/c1-3-24-19(27-17-9-10-18-26-14(2)28-29(18)13-17)25-11-5-7-15-6-4-8-16(12-15)20(21,22)23;/h4,6,8,12,17H,3,9-11,13H2,1-2H3,(H2,24,25,27);1H. The Hall–Kier alpha value is -2.29. The van der Waals surface area contributed by atoms with Crippen molar-refractivity contribution in [3.8, 4) is 11.8 Å². The molecule has 2 heterocycles. The van der Waals surface area contributed by atoms with Gasteiger partial charge >= 0.3 is 6.18 Å². The average molecular weight is 532 g/mol. The first-order valence-electron chi connectivity index (χ1n) is 9.46. The predicted molar refractivity (Wildman–Crippen MR) is 120 cm³/mol. The highest BCUT2D eigenvalue weighted by atomic mass is 127.